The minimum Gasteiger partial charge on any atom is -0.479 e. The van der Waals surface area contributed by atoms with Gasteiger partial charge in [0, 0.05) is 52.0 Å². The number of carbonyl (C=O) groups excluding carboxylic acids is 2. The van der Waals surface area contributed by atoms with Crippen molar-refractivity contribution in [3.63, 3.8) is 0 Å². The Morgan fingerprint density at radius 1 is 1.17 bits per heavy atom. The topological polar surface area (TPSA) is 139 Å². The number of anilines is 3. The summed E-state index contributed by atoms with van der Waals surface area (Å²) in [7, 11) is 8.73. The van der Waals surface area contributed by atoms with Crippen molar-refractivity contribution in [3.05, 3.63) is 42.1 Å². The number of hydrogen-bond acceptors (Lipinski definition) is 10. The van der Waals surface area contributed by atoms with Gasteiger partial charge in [0.25, 0.3) is 0 Å². The fourth-order valence-corrected chi connectivity index (χ4v) is 4.31. The number of unbranched alkanes of at least 4 members (excludes halogenated alkanes) is 1. The third-order valence-electron chi connectivity index (χ3n) is 7.04. The third kappa shape index (κ3) is 10.5. The number of aromatic nitrogens is 4. The van der Waals surface area contributed by atoms with Crippen molar-refractivity contribution >= 4 is 40.2 Å². The Balaban J connectivity index is 1.59. The van der Waals surface area contributed by atoms with Crippen LogP contribution < -0.4 is 20.7 Å². The molecular formula is C33H47N9O4. The molecule has 3 N–H and O–H groups in total. The lowest BCUT2D eigenvalue weighted by Crippen LogP contribution is -2.45. The van der Waals surface area contributed by atoms with Gasteiger partial charge >= 0.3 is 0 Å². The summed E-state index contributed by atoms with van der Waals surface area (Å²) in [6, 6.07) is 5.30. The largest absolute Gasteiger partial charge is 0.479 e. The van der Waals surface area contributed by atoms with Crippen LogP contribution in [0.3, 0.4) is 0 Å². The van der Waals surface area contributed by atoms with Gasteiger partial charge in [-0.25, -0.2) is 4.98 Å². The van der Waals surface area contributed by atoms with Crippen molar-refractivity contribution < 1.29 is 19.1 Å². The summed E-state index contributed by atoms with van der Waals surface area (Å²) in [4.78, 5) is 37.4. The molecule has 3 rings (SSSR count). The monoisotopic (exact) mass is 633 g/mol. The Morgan fingerprint density at radius 2 is 1.98 bits per heavy atom. The van der Waals surface area contributed by atoms with Crippen molar-refractivity contribution in [1.29, 1.82) is 0 Å². The molecule has 0 radical (unpaired) electrons. The van der Waals surface area contributed by atoms with Crippen molar-refractivity contribution in [1.82, 2.24) is 34.9 Å². The van der Waals surface area contributed by atoms with Crippen LogP contribution in [0.5, 0.6) is 5.88 Å². The van der Waals surface area contributed by atoms with E-state index >= 15 is 0 Å². The molecule has 0 bridgehead atoms. The standard InChI is InChI=1S/C33H47N9O4/c1-8-17-34-30-25(13-10-9-11-18-35-31(44)24(2)41(5)29(43)14-12-19-40(3)4)23-36-33(38-30)37-26-15-16-28-27(22-26)32(46-7)39-42(28)20-21-45-6/h12,14-16,22-24H,8-9,11,17-21H2,1-7H3,(H,35,44)(H2,34,36,37,38)/t24-/m0/s1. The van der Waals surface area contributed by atoms with Gasteiger partial charge in [0.05, 0.1) is 42.9 Å². The predicted octanol–water partition coefficient (Wildman–Crippen LogP) is 3.26. The van der Waals surface area contributed by atoms with Crippen molar-refractivity contribution in [2.75, 3.05) is 72.2 Å². The number of nitrogens with zero attached hydrogens (tertiary/aromatic N) is 6. The number of methoxy groups -OCH3 is 2. The second-order valence-electron chi connectivity index (χ2n) is 11.0. The van der Waals surface area contributed by atoms with E-state index < -0.39 is 6.04 Å². The molecule has 2 amide bonds. The van der Waals surface area contributed by atoms with Crippen LogP contribution in [0.25, 0.3) is 10.9 Å². The van der Waals surface area contributed by atoms with E-state index in [1.165, 1.54) is 11.0 Å². The van der Waals surface area contributed by atoms with E-state index in [9.17, 15) is 9.59 Å². The SMILES string of the molecule is CCCNc1nc(Nc2ccc3c(c2)c(OC)nn3CCOC)ncc1C#CCCCNC(=O)[C@H](C)N(C)C(=O)C=CCN(C)C. The van der Waals surface area contributed by atoms with Crippen LogP contribution in [-0.2, 0) is 20.9 Å². The van der Waals surface area contributed by atoms with Gasteiger partial charge in [0.2, 0.25) is 23.6 Å². The molecular weight excluding hydrogens is 586 g/mol. The first-order chi connectivity index (χ1) is 22.2. The molecule has 2 heterocycles. The Kier molecular flexibility index (Phi) is 14.3. The first-order valence-corrected chi connectivity index (χ1v) is 15.4. The Morgan fingerprint density at radius 3 is 2.70 bits per heavy atom. The minimum absolute atomic E-state index is 0.204. The molecule has 13 heteroatoms. The number of nitrogens with one attached hydrogen (secondary N) is 3. The van der Waals surface area contributed by atoms with E-state index in [1.807, 2.05) is 41.9 Å². The summed E-state index contributed by atoms with van der Waals surface area (Å²) in [5.41, 5.74) is 2.43. The van der Waals surface area contributed by atoms with Gasteiger partial charge in [0.1, 0.15) is 11.9 Å². The highest BCUT2D eigenvalue weighted by atomic mass is 16.5. The van der Waals surface area contributed by atoms with Crippen LogP contribution in [0.15, 0.2) is 36.5 Å². The number of ether oxygens (including phenoxy) is 2. The van der Waals surface area contributed by atoms with Crippen LogP contribution >= 0.6 is 0 Å². The molecule has 0 saturated carbocycles. The van der Waals surface area contributed by atoms with Crippen molar-refractivity contribution in [3.8, 4) is 17.7 Å². The molecule has 0 aliphatic heterocycles. The maximum Gasteiger partial charge on any atom is 0.246 e. The van der Waals surface area contributed by atoms with E-state index in [4.69, 9.17) is 9.47 Å². The summed E-state index contributed by atoms with van der Waals surface area (Å²) in [6.07, 6.45) is 7.13. The number of hydrogen-bond donors (Lipinski definition) is 3. The van der Waals surface area contributed by atoms with Gasteiger partial charge in [-0.1, -0.05) is 24.8 Å². The maximum atomic E-state index is 12.5. The molecule has 0 unspecified atom stereocenters. The normalized spacial score (nSPS) is 11.7. The number of rotatable bonds is 17. The van der Waals surface area contributed by atoms with Gasteiger partial charge in [-0.15, -0.1) is 5.10 Å². The van der Waals surface area contributed by atoms with E-state index in [0.717, 1.165) is 29.6 Å². The molecule has 2 aromatic heterocycles. The number of amides is 2. The summed E-state index contributed by atoms with van der Waals surface area (Å²) in [5, 5.41) is 14.9. The van der Waals surface area contributed by atoms with Crippen molar-refractivity contribution in [2.45, 2.75) is 45.7 Å². The summed E-state index contributed by atoms with van der Waals surface area (Å²) < 4.78 is 12.6. The van der Waals surface area contributed by atoms with E-state index in [2.05, 4.69) is 49.8 Å². The number of benzene rings is 1. The summed E-state index contributed by atoms with van der Waals surface area (Å²) >= 11 is 0. The van der Waals surface area contributed by atoms with Crippen LogP contribution in [0.4, 0.5) is 17.5 Å². The second-order valence-corrected chi connectivity index (χ2v) is 11.0. The average molecular weight is 634 g/mol. The zero-order chi connectivity index (χ0) is 33.5. The van der Waals surface area contributed by atoms with Gasteiger partial charge in [0.15, 0.2) is 0 Å². The molecule has 0 aliphatic carbocycles. The zero-order valence-corrected chi connectivity index (χ0v) is 28.0. The van der Waals surface area contributed by atoms with Gasteiger partial charge in [-0.05, 0) is 52.1 Å². The molecule has 0 spiro atoms. The highest BCUT2D eigenvalue weighted by molar-refractivity contribution is 5.92. The van der Waals surface area contributed by atoms with Crippen LogP contribution in [0.1, 0.15) is 38.7 Å². The molecule has 3 aromatic rings. The zero-order valence-electron chi connectivity index (χ0n) is 28.0. The van der Waals surface area contributed by atoms with E-state index in [-0.39, 0.29) is 11.8 Å². The summed E-state index contributed by atoms with van der Waals surface area (Å²) in [6.45, 7) is 6.80. The second kappa shape index (κ2) is 18.3. The lowest BCUT2D eigenvalue weighted by molar-refractivity contribution is -0.135. The molecule has 0 aliphatic rings. The Hall–Kier alpha value is -4.67. The minimum atomic E-state index is -0.582. The van der Waals surface area contributed by atoms with Crippen LogP contribution in [0, 0.1) is 11.8 Å². The smallest absolute Gasteiger partial charge is 0.246 e. The van der Waals surface area contributed by atoms with E-state index in [0.29, 0.717) is 62.3 Å². The molecule has 0 fully saturated rings. The lowest BCUT2D eigenvalue weighted by atomic mass is 10.2. The third-order valence-corrected chi connectivity index (χ3v) is 7.04. The first kappa shape index (κ1) is 35.8. The molecule has 13 nitrogen and oxygen atoms in total. The fourth-order valence-electron chi connectivity index (χ4n) is 4.31. The number of carbonyl (C=O) groups is 2. The van der Waals surface area contributed by atoms with Gasteiger partial charge < -0.3 is 35.2 Å². The Bertz CT molecular complexity index is 1540. The lowest BCUT2D eigenvalue weighted by Gasteiger charge is -2.23. The number of likely N-dealkylation sites (N-methyl/N-ethyl adjacent to an activating group) is 2. The highest BCUT2D eigenvalue weighted by Gasteiger charge is 2.20. The molecule has 1 aromatic carbocycles. The van der Waals surface area contributed by atoms with Gasteiger partial charge in [-0.2, -0.15) is 4.98 Å². The summed E-state index contributed by atoms with van der Waals surface area (Å²) in [5.74, 6) is 7.52. The molecule has 0 saturated heterocycles. The average Bonchev–Trinajstić information content (AvgIpc) is 3.40. The molecule has 248 valence electrons. The quantitative estimate of drug-likeness (QED) is 0.115. The van der Waals surface area contributed by atoms with E-state index in [1.54, 1.807) is 40.5 Å². The van der Waals surface area contributed by atoms with Gasteiger partial charge in [-0.3, -0.25) is 14.3 Å². The highest BCUT2D eigenvalue weighted by Crippen LogP contribution is 2.29. The first-order valence-electron chi connectivity index (χ1n) is 15.4. The fraction of sp³-hybridized carbons (Fsp3) is 0.485. The molecule has 1 atom stereocenters. The maximum absolute atomic E-state index is 12.5. The molecule has 46 heavy (non-hydrogen) atoms. The van der Waals surface area contributed by atoms with Crippen LogP contribution in [-0.4, -0.2) is 109 Å². The Labute approximate surface area is 271 Å². The predicted molar refractivity (Wildman–Crippen MR) is 181 cm³/mol. The number of fused-ring (bicyclic) bond motifs is 1. The van der Waals surface area contributed by atoms with Crippen molar-refractivity contribution in [2.24, 2.45) is 0 Å². The van der Waals surface area contributed by atoms with Crippen LogP contribution in [0.2, 0.25) is 0 Å².